The average Bonchev–Trinajstić information content (AvgIpc) is 2.47. The van der Waals surface area contributed by atoms with Gasteiger partial charge in [-0.1, -0.05) is 11.6 Å². The van der Waals surface area contributed by atoms with Gasteiger partial charge in [0.2, 0.25) is 0 Å². The zero-order valence-corrected chi connectivity index (χ0v) is 15.6. The van der Waals surface area contributed by atoms with Gasteiger partial charge in [0.15, 0.2) is 0 Å². The third-order valence-electron chi connectivity index (χ3n) is 3.91. The maximum absolute atomic E-state index is 11.8. The number of halogens is 1. The Hall–Kier alpha value is -1.62. The Kier molecular flexibility index (Phi) is 6.21. The van der Waals surface area contributed by atoms with Crippen LogP contribution in [0.1, 0.15) is 46.5 Å². The summed E-state index contributed by atoms with van der Waals surface area (Å²) >= 11 is 6.18. The van der Waals surface area contributed by atoms with Gasteiger partial charge in [-0.05, 0) is 58.6 Å². The number of hydrogen-bond acceptors (Lipinski definition) is 4. The molecule has 1 aromatic rings. The zero-order chi connectivity index (χ0) is 17.7. The molecule has 0 saturated heterocycles. The topological polar surface area (TPSA) is 59.6 Å². The van der Waals surface area contributed by atoms with E-state index in [4.69, 9.17) is 21.1 Å². The van der Waals surface area contributed by atoms with Crippen molar-refractivity contribution in [2.45, 2.75) is 64.2 Å². The second-order valence-corrected chi connectivity index (χ2v) is 7.54. The van der Waals surface area contributed by atoms with Crippen molar-refractivity contribution in [1.82, 2.24) is 5.32 Å². The molecule has 2 rings (SSSR count). The summed E-state index contributed by atoms with van der Waals surface area (Å²) in [4.78, 5) is 11.8. The minimum atomic E-state index is -0.469. The Morgan fingerprint density at radius 2 is 1.88 bits per heavy atom. The summed E-state index contributed by atoms with van der Waals surface area (Å²) in [6.07, 6.45) is 3.36. The molecule has 2 N–H and O–H groups in total. The maximum Gasteiger partial charge on any atom is 0.407 e. The Morgan fingerprint density at radius 3 is 2.42 bits per heavy atom. The van der Waals surface area contributed by atoms with Gasteiger partial charge in [-0.15, -0.1) is 0 Å². The van der Waals surface area contributed by atoms with Crippen molar-refractivity contribution < 1.29 is 14.3 Å². The Balaban J connectivity index is 1.78. The van der Waals surface area contributed by atoms with Gasteiger partial charge < -0.3 is 20.1 Å². The summed E-state index contributed by atoms with van der Waals surface area (Å²) in [7, 11) is 1.83. The summed E-state index contributed by atoms with van der Waals surface area (Å²) in [6.45, 7) is 5.59. The SMILES string of the molecule is CNc1ccc(OC2CCC(NC(=O)OC(C)(C)C)CC2)cc1Cl. The standard InChI is InChI=1S/C18H27ClN2O3/c1-18(2,3)24-17(22)21-12-5-7-13(8-6-12)23-14-9-10-16(20-4)15(19)11-14/h9-13,20H,5-8H2,1-4H3,(H,21,22). The van der Waals surface area contributed by atoms with Crippen molar-refractivity contribution in [2.24, 2.45) is 0 Å². The van der Waals surface area contributed by atoms with Crippen molar-refractivity contribution in [3.8, 4) is 5.75 Å². The number of ether oxygens (including phenoxy) is 2. The first kappa shape index (κ1) is 18.7. The first-order valence-electron chi connectivity index (χ1n) is 8.40. The van der Waals surface area contributed by atoms with Crippen molar-refractivity contribution in [3.63, 3.8) is 0 Å². The van der Waals surface area contributed by atoms with Gasteiger partial charge in [0, 0.05) is 19.2 Å². The lowest BCUT2D eigenvalue weighted by atomic mass is 9.93. The molecule has 0 spiro atoms. The molecule has 0 unspecified atom stereocenters. The predicted molar refractivity (Wildman–Crippen MR) is 97.0 cm³/mol. The number of benzene rings is 1. The van der Waals surface area contributed by atoms with Crippen LogP contribution in [0.4, 0.5) is 10.5 Å². The fourth-order valence-electron chi connectivity index (χ4n) is 2.76. The van der Waals surface area contributed by atoms with E-state index in [1.54, 1.807) is 0 Å². The molecule has 1 aliphatic rings. The minimum Gasteiger partial charge on any atom is -0.490 e. The highest BCUT2D eigenvalue weighted by Gasteiger charge is 2.25. The first-order chi connectivity index (χ1) is 11.3. The van der Waals surface area contributed by atoms with E-state index in [1.807, 2.05) is 46.0 Å². The minimum absolute atomic E-state index is 0.148. The third-order valence-corrected chi connectivity index (χ3v) is 4.22. The fourth-order valence-corrected chi connectivity index (χ4v) is 3.03. The van der Waals surface area contributed by atoms with Crippen LogP contribution < -0.4 is 15.4 Å². The highest BCUT2D eigenvalue weighted by Crippen LogP contribution is 2.29. The van der Waals surface area contributed by atoms with E-state index in [1.165, 1.54) is 0 Å². The number of alkyl carbamates (subject to hydrolysis) is 1. The number of amides is 1. The van der Waals surface area contributed by atoms with Gasteiger partial charge in [0.05, 0.1) is 16.8 Å². The highest BCUT2D eigenvalue weighted by atomic mass is 35.5. The molecular weight excluding hydrogens is 328 g/mol. The van der Waals surface area contributed by atoms with Crippen LogP contribution in [0.5, 0.6) is 5.75 Å². The summed E-state index contributed by atoms with van der Waals surface area (Å²) < 4.78 is 11.3. The van der Waals surface area contributed by atoms with E-state index in [0.717, 1.165) is 37.1 Å². The number of carbonyl (C=O) groups is 1. The molecule has 1 fully saturated rings. The van der Waals surface area contributed by atoms with Crippen LogP contribution >= 0.6 is 11.6 Å². The molecule has 134 valence electrons. The van der Waals surface area contributed by atoms with Crippen molar-refractivity contribution in [2.75, 3.05) is 12.4 Å². The second kappa shape index (κ2) is 7.97. The van der Waals surface area contributed by atoms with Crippen LogP contribution in [-0.4, -0.2) is 30.9 Å². The summed E-state index contributed by atoms with van der Waals surface area (Å²) in [5, 5.41) is 6.61. The van der Waals surface area contributed by atoms with E-state index < -0.39 is 5.60 Å². The van der Waals surface area contributed by atoms with E-state index in [0.29, 0.717) is 5.02 Å². The van der Waals surface area contributed by atoms with E-state index >= 15 is 0 Å². The van der Waals surface area contributed by atoms with E-state index in [-0.39, 0.29) is 18.2 Å². The lowest BCUT2D eigenvalue weighted by Crippen LogP contribution is -2.42. The molecular formula is C18H27ClN2O3. The number of carbonyl (C=O) groups excluding carboxylic acids is 1. The molecule has 0 heterocycles. The lowest BCUT2D eigenvalue weighted by Gasteiger charge is -2.30. The van der Waals surface area contributed by atoms with E-state index in [2.05, 4.69) is 10.6 Å². The molecule has 5 nitrogen and oxygen atoms in total. The van der Waals surface area contributed by atoms with Gasteiger partial charge in [0.1, 0.15) is 11.4 Å². The van der Waals surface area contributed by atoms with Crippen molar-refractivity contribution in [3.05, 3.63) is 23.2 Å². The molecule has 1 saturated carbocycles. The number of hydrogen-bond donors (Lipinski definition) is 2. The fraction of sp³-hybridized carbons (Fsp3) is 0.611. The molecule has 0 aliphatic heterocycles. The van der Waals surface area contributed by atoms with Crippen LogP contribution in [0.15, 0.2) is 18.2 Å². The van der Waals surface area contributed by atoms with Gasteiger partial charge >= 0.3 is 6.09 Å². The molecule has 0 atom stereocenters. The van der Waals surface area contributed by atoms with E-state index in [9.17, 15) is 4.79 Å². The monoisotopic (exact) mass is 354 g/mol. The Morgan fingerprint density at radius 1 is 1.21 bits per heavy atom. The van der Waals surface area contributed by atoms with Crippen LogP contribution in [-0.2, 0) is 4.74 Å². The molecule has 1 aromatic carbocycles. The molecule has 1 aliphatic carbocycles. The first-order valence-corrected chi connectivity index (χ1v) is 8.78. The highest BCUT2D eigenvalue weighted by molar-refractivity contribution is 6.33. The van der Waals surface area contributed by atoms with Crippen LogP contribution in [0, 0.1) is 0 Å². The smallest absolute Gasteiger partial charge is 0.407 e. The molecule has 0 aromatic heterocycles. The van der Waals surface area contributed by atoms with Gasteiger partial charge in [-0.25, -0.2) is 4.79 Å². The van der Waals surface area contributed by atoms with Crippen LogP contribution in [0.2, 0.25) is 5.02 Å². The molecule has 1 amide bonds. The molecule has 0 radical (unpaired) electrons. The third kappa shape index (κ3) is 5.78. The normalized spacial score (nSPS) is 21.0. The van der Waals surface area contributed by atoms with Gasteiger partial charge in [-0.2, -0.15) is 0 Å². The quantitative estimate of drug-likeness (QED) is 0.829. The zero-order valence-electron chi connectivity index (χ0n) is 14.8. The van der Waals surface area contributed by atoms with Gasteiger partial charge in [0.25, 0.3) is 0 Å². The number of nitrogens with one attached hydrogen (secondary N) is 2. The molecule has 24 heavy (non-hydrogen) atoms. The second-order valence-electron chi connectivity index (χ2n) is 7.13. The Labute approximate surface area is 149 Å². The lowest BCUT2D eigenvalue weighted by molar-refractivity contribution is 0.0471. The van der Waals surface area contributed by atoms with Crippen molar-refractivity contribution in [1.29, 1.82) is 0 Å². The molecule has 6 heteroatoms. The summed E-state index contributed by atoms with van der Waals surface area (Å²) in [5.41, 5.74) is 0.415. The predicted octanol–water partition coefficient (Wildman–Crippen LogP) is 4.60. The maximum atomic E-state index is 11.8. The average molecular weight is 355 g/mol. The van der Waals surface area contributed by atoms with Gasteiger partial charge in [-0.3, -0.25) is 0 Å². The van der Waals surface area contributed by atoms with Crippen molar-refractivity contribution >= 4 is 23.4 Å². The summed E-state index contributed by atoms with van der Waals surface area (Å²) in [6, 6.07) is 5.81. The largest absolute Gasteiger partial charge is 0.490 e. The number of rotatable bonds is 4. The number of anilines is 1. The van der Waals surface area contributed by atoms with Crippen LogP contribution in [0.25, 0.3) is 0 Å². The summed E-state index contributed by atoms with van der Waals surface area (Å²) in [5.74, 6) is 0.780. The van der Waals surface area contributed by atoms with Crippen LogP contribution in [0.3, 0.4) is 0 Å². The molecule has 0 bridgehead atoms. The Bertz CT molecular complexity index is 564.